The summed E-state index contributed by atoms with van der Waals surface area (Å²) in [6.07, 6.45) is 2.93. The van der Waals surface area contributed by atoms with Crippen LogP contribution in [0.5, 0.6) is 0 Å². The fourth-order valence-corrected chi connectivity index (χ4v) is 2.99. The number of amides is 1. The monoisotopic (exact) mass is 229 g/mol. The number of nitrogens with zero attached hydrogens (tertiary/aromatic N) is 1. The Morgan fingerprint density at radius 1 is 1.12 bits per heavy atom. The number of alkyl halides is 1. The lowest BCUT2D eigenvalue weighted by Gasteiger charge is -2.26. The largest absolute Gasteiger partial charge is 0.277 e. The number of hydrogen-bond donors (Lipinski definition) is 0. The maximum atomic E-state index is 14.3. The molecule has 2 saturated carbocycles. The SMILES string of the molecule is O=C1N=C(C2(F)CC2)C2(CC2)c2ccccc21. The standard InChI is InChI=1S/C14H12FNO/c15-14(7-8-14)12-13(5-6-13)10-4-2-1-3-9(10)11(17)16-12/h1-4H,5-8H2. The highest BCUT2D eigenvalue weighted by Crippen LogP contribution is 2.59. The summed E-state index contributed by atoms with van der Waals surface area (Å²) in [6, 6.07) is 7.53. The first-order valence-corrected chi connectivity index (χ1v) is 6.08. The Kier molecular flexibility index (Phi) is 1.49. The molecular formula is C14H12FNO. The summed E-state index contributed by atoms with van der Waals surface area (Å²) in [4.78, 5) is 16.0. The molecule has 17 heavy (non-hydrogen) atoms. The zero-order chi connectivity index (χ0) is 11.7. The smallest absolute Gasteiger partial charge is 0.267 e. The summed E-state index contributed by atoms with van der Waals surface area (Å²) in [5.74, 6) is -0.267. The van der Waals surface area contributed by atoms with Crippen molar-refractivity contribution in [2.75, 3.05) is 0 Å². The molecule has 1 heterocycles. The third kappa shape index (κ3) is 1.09. The van der Waals surface area contributed by atoms with E-state index in [4.69, 9.17) is 0 Å². The van der Waals surface area contributed by atoms with E-state index in [0.717, 1.165) is 18.4 Å². The van der Waals surface area contributed by atoms with Gasteiger partial charge in [-0.15, -0.1) is 0 Å². The van der Waals surface area contributed by atoms with Gasteiger partial charge in [0, 0.05) is 11.0 Å². The molecule has 0 bridgehead atoms. The number of hydrogen-bond acceptors (Lipinski definition) is 1. The van der Waals surface area contributed by atoms with Gasteiger partial charge in [0.2, 0.25) is 0 Å². The summed E-state index contributed by atoms with van der Waals surface area (Å²) in [6.45, 7) is 0. The van der Waals surface area contributed by atoms with Crippen molar-refractivity contribution in [3.8, 4) is 0 Å². The fraction of sp³-hybridized carbons (Fsp3) is 0.429. The van der Waals surface area contributed by atoms with Crippen molar-refractivity contribution in [1.82, 2.24) is 0 Å². The zero-order valence-corrected chi connectivity index (χ0v) is 9.37. The second-order valence-corrected chi connectivity index (χ2v) is 5.36. The average Bonchev–Trinajstić information content (AvgIpc) is 3.23. The number of carbonyl (C=O) groups excluding carboxylic acids is 1. The maximum absolute atomic E-state index is 14.3. The number of rotatable bonds is 1. The molecule has 3 aliphatic rings. The van der Waals surface area contributed by atoms with E-state index in [1.54, 1.807) is 6.07 Å². The molecule has 1 aromatic rings. The van der Waals surface area contributed by atoms with E-state index >= 15 is 0 Å². The Morgan fingerprint density at radius 2 is 1.82 bits per heavy atom. The predicted molar refractivity (Wildman–Crippen MR) is 62.2 cm³/mol. The lowest BCUT2D eigenvalue weighted by molar-refractivity contribution is 0.0996. The molecule has 2 fully saturated rings. The third-order valence-electron chi connectivity index (χ3n) is 4.20. The van der Waals surface area contributed by atoms with E-state index in [9.17, 15) is 9.18 Å². The van der Waals surface area contributed by atoms with Gasteiger partial charge in [0.05, 0.1) is 5.71 Å². The summed E-state index contributed by atoms with van der Waals surface area (Å²) >= 11 is 0. The van der Waals surface area contributed by atoms with Gasteiger partial charge in [0.25, 0.3) is 5.91 Å². The number of aliphatic imine (C=N–C) groups is 1. The number of carbonyl (C=O) groups is 1. The van der Waals surface area contributed by atoms with Gasteiger partial charge in [-0.25, -0.2) is 9.38 Å². The van der Waals surface area contributed by atoms with Gasteiger partial charge >= 0.3 is 0 Å². The van der Waals surface area contributed by atoms with Gasteiger partial charge in [0.15, 0.2) is 0 Å². The summed E-state index contributed by atoms with van der Waals surface area (Å²) in [7, 11) is 0. The van der Waals surface area contributed by atoms with Crippen LogP contribution in [0.2, 0.25) is 0 Å². The third-order valence-corrected chi connectivity index (χ3v) is 4.20. The highest BCUT2D eigenvalue weighted by Gasteiger charge is 2.63. The van der Waals surface area contributed by atoms with Gasteiger partial charge in [0.1, 0.15) is 5.67 Å². The van der Waals surface area contributed by atoms with Crippen molar-refractivity contribution >= 4 is 11.6 Å². The van der Waals surface area contributed by atoms with Gasteiger partial charge in [-0.05, 0) is 37.3 Å². The Morgan fingerprint density at radius 3 is 2.47 bits per heavy atom. The van der Waals surface area contributed by atoms with Crippen LogP contribution in [0.1, 0.15) is 41.6 Å². The second-order valence-electron chi connectivity index (χ2n) is 5.36. The maximum Gasteiger partial charge on any atom is 0.277 e. The van der Waals surface area contributed by atoms with Crippen LogP contribution in [0.4, 0.5) is 4.39 Å². The lowest BCUT2D eigenvalue weighted by atomic mass is 9.81. The molecular weight excluding hydrogens is 217 g/mol. The van der Waals surface area contributed by atoms with Crippen molar-refractivity contribution in [2.24, 2.45) is 4.99 Å². The van der Waals surface area contributed by atoms with Crippen LogP contribution < -0.4 is 0 Å². The summed E-state index contributed by atoms with van der Waals surface area (Å²) < 4.78 is 14.3. The Balaban J connectivity index is 1.95. The fourth-order valence-electron chi connectivity index (χ4n) is 2.99. The molecule has 2 aliphatic carbocycles. The molecule has 86 valence electrons. The van der Waals surface area contributed by atoms with E-state index < -0.39 is 5.67 Å². The predicted octanol–water partition coefficient (Wildman–Crippen LogP) is 2.82. The van der Waals surface area contributed by atoms with Crippen LogP contribution in [0.3, 0.4) is 0 Å². The van der Waals surface area contributed by atoms with Crippen LogP contribution in [0, 0.1) is 0 Å². The van der Waals surface area contributed by atoms with E-state index in [0.29, 0.717) is 24.1 Å². The number of halogens is 1. The molecule has 3 heteroatoms. The van der Waals surface area contributed by atoms with E-state index in [1.807, 2.05) is 18.2 Å². The van der Waals surface area contributed by atoms with Gasteiger partial charge in [-0.3, -0.25) is 4.79 Å². The first-order valence-electron chi connectivity index (χ1n) is 6.08. The minimum atomic E-state index is -1.28. The molecule has 4 rings (SSSR count). The van der Waals surface area contributed by atoms with E-state index in [1.165, 1.54) is 0 Å². The molecule has 1 amide bonds. The van der Waals surface area contributed by atoms with Crippen molar-refractivity contribution in [2.45, 2.75) is 36.8 Å². The first kappa shape index (κ1) is 9.51. The van der Waals surface area contributed by atoms with Crippen molar-refractivity contribution in [1.29, 1.82) is 0 Å². The number of fused-ring (bicyclic) bond motifs is 2. The minimum absolute atomic E-state index is 0.240. The molecule has 0 radical (unpaired) electrons. The molecule has 0 unspecified atom stereocenters. The average molecular weight is 229 g/mol. The molecule has 0 N–H and O–H groups in total. The Hall–Kier alpha value is -1.51. The highest BCUT2D eigenvalue weighted by atomic mass is 19.1. The van der Waals surface area contributed by atoms with Crippen LogP contribution in [-0.4, -0.2) is 17.3 Å². The summed E-state index contributed by atoms with van der Waals surface area (Å²) in [5, 5.41) is 0. The van der Waals surface area contributed by atoms with Gasteiger partial charge in [-0.2, -0.15) is 0 Å². The van der Waals surface area contributed by atoms with Crippen LogP contribution >= 0.6 is 0 Å². The highest BCUT2D eigenvalue weighted by molar-refractivity contribution is 6.17. The lowest BCUT2D eigenvalue weighted by Crippen LogP contribution is -2.36. The molecule has 1 aliphatic heterocycles. The van der Waals surface area contributed by atoms with Crippen LogP contribution in [-0.2, 0) is 5.41 Å². The van der Waals surface area contributed by atoms with Gasteiger partial charge < -0.3 is 0 Å². The Labute approximate surface area is 98.6 Å². The number of benzene rings is 1. The first-order chi connectivity index (χ1) is 8.16. The minimum Gasteiger partial charge on any atom is -0.267 e. The van der Waals surface area contributed by atoms with E-state index in [-0.39, 0.29) is 11.3 Å². The van der Waals surface area contributed by atoms with E-state index in [2.05, 4.69) is 4.99 Å². The van der Waals surface area contributed by atoms with Crippen LogP contribution in [0.15, 0.2) is 29.3 Å². The molecule has 0 atom stereocenters. The quantitative estimate of drug-likeness (QED) is 0.728. The normalized spacial score (nSPS) is 26.4. The van der Waals surface area contributed by atoms with Gasteiger partial charge in [-0.1, -0.05) is 18.2 Å². The molecule has 1 spiro atoms. The Bertz CT molecular complexity index is 567. The van der Waals surface area contributed by atoms with Crippen LogP contribution in [0.25, 0.3) is 0 Å². The molecule has 0 saturated heterocycles. The molecule has 1 aromatic carbocycles. The molecule has 0 aromatic heterocycles. The van der Waals surface area contributed by atoms with Crippen molar-refractivity contribution in [3.05, 3.63) is 35.4 Å². The zero-order valence-electron chi connectivity index (χ0n) is 9.37. The second kappa shape index (κ2) is 2.66. The molecule has 2 nitrogen and oxygen atoms in total. The van der Waals surface area contributed by atoms with Crippen molar-refractivity contribution < 1.29 is 9.18 Å². The topological polar surface area (TPSA) is 29.4 Å². The summed E-state index contributed by atoms with van der Waals surface area (Å²) in [5.41, 5.74) is 0.667. The van der Waals surface area contributed by atoms with Crippen molar-refractivity contribution in [3.63, 3.8) is 0 Å².